The number of carboxylic acid groups (broad SMARTS) is 1. The SMILES string of the molecule is CC(C)N(C(=O)[C@@]1(C)CC[C@@H](C)C[C@@H]1O)c1sc(-c2ccccc2)cc1C(=O)O. The van der Waals surface area contributed by atoms with Crippen LogP contribution >= 0.6 is 11.3 Å². The van der Waals surface area contributed by atoms with Crippen LogP contribution in [0.5, 0.6) is 0 Å². The molecule has 1 saturated carbocycles. The third-order valence-corrected chi connectivity index (χ3v) is 7.14. The number of aliphatic hydroxyl groups is 1. The molecular weight excluding hydrogens is 386 g/mol. The number of nitrogens with zero attached hydrogens (tertiary/aromatic N) is 1. The number of thiophene rings is 1. The molecule has 0 saturated heterocycles. The van der Waals surface area contributed by atoms with Gasteiger partial charge in [-0.25, -0.2) is 4.79 Å². The Morgan fingerprint density at radius 2 is 1.90 bits per heavy atom. The van der Waals surface area contributed by atoms with E-state index >= 15 is 0 Å². The molecule has 2 N–H and O–H groups in total. The average Bonchev–Trinajstić information content (AvgIpc) is 3.11. The van der Waals surface area contributed by atoms with Gasteiger partial charge in [0.05, 0.1) is 17.1 Å². The minimum atomic E-state index is -1.06. The lowest BCUT2D eigenvalue weighted by atomic mass is 9.69. The molecule has 1 aliphatic carbocycles. The van der Waals surface area contributed by atoms with Crippen molar-refractivity contribution >= 4 is 28.2 Å². The van der Waals surface area contributed by atoms with Crippen molar-refractivity contribution in [2.75, 3.05) is 4.90 Å². The minimum absolute atomic E-state index is 0.123. The number of rotatable bonds is 5. The predicted molar refractivity (Wildman–Crippen MR) is 116 cm³/mol. The Labute approximate surface area is 176 Å². The van der Waals surface area contributed by atoms with Crippen molar-refractivity contribution in [3.05, 3.63) is 42.0 Å². The third kappa shape index (κ3) is 4.09. The van der Waals surface area contributed by atoms with Gasteiger partial charge in [0.1, 0.15) is 5.00 Å². The highest BCUT2D eigenvalue weighted by molar-refractivity contribution is 7.20. The fourth-order valence-corrected chi connectivity index (χ4v) is 5.30. The molecule has 0 unspecified atom stereocenters. The summed E-state index contributed by atoms with van der Waals surface area (Å²) in [5.41, 5.74) is 0.127. The lowest BCUT2D eigenvalue weighted by Crippen LogP contribution is -2.53. The summed E-state index contributed by atoms with van der Waals surface area (Å²) in [5.74, 6) is -0.880. The first kappa shape index (κ1) is 21.5. The van der Waals surface area contributed by atoms with E-state index in [2.05, 4.69) is 6.92 Å². The molecule has 0 aliphatic heterocycles. The maximum atomic E-state index is 13.7. The molecule has 29 heavy (non-hydrogen) atoms. The van der Waals surface area contributed by atoms with E-state index in [0.717, 1.165) is 16.9 Å². The van der Waals surface area contributed by atoms with Crippen molar-refractivity contribution in [3.8, 4) is 10.4 Å². The Balaban J connectivity index is 2.06. The quantitative estimate of drug-likeness (QED) is 0.717. The highest BCUT2D eigenvalue weighted by atomic mass is 32.1. The van der Waals surface area contributed by atoms with Crippen LogP contribution in [0.15, 0.2) is 36.4 Å². The van der Waals surface area contributed by atoms with E-state index in [1.165, 1.54) is 11.3 Å². The van der Waals surface area contributed by atoms with Crippen LogP contribution in [0, 0.1) is 11.3 Å². The molecule has 1 amide bonds. The van der Waals surface area contributed by atoms with Crippen LogP contribution in [0.3, 0.4) is 0 Å². The summed E-state index contributed by atoms with van der Waals surface area (Å²) in [6.07, 6.45) is 1.31. The van der Waals surface area contributed by atoms with Crippen LogP contribution in [0.4, 0.5) is 5.00 Å². The molecule has 3 atom stereocenters. The standard InChI is InChI=1S/C23H29NO4S/c1-14(2)24(22(28)23(4)11-10-15(3)12-19(23)25)20-17(21(26)27)13-18(29-20)16-8-6-5-7-9-16/h5-9,13-15,19,25H,10-12H2,1-4H3,(H,26,27)/t15-,19+,23+/m1/s1. The van der Waals surface area contributed by atoms with E-state index in [1.54, 1.807) is 11.0 Å². The fraction of sp³-hybridized carbons (Fsp3) is 0.478. The fourth-order valence-electron chi connectivity index (χ4n) is 4.02. The smallest absolute Gasteiger partial charge is 0.338 e. The molecule has 6 heteroatoms. The van der Waals surface area contributed by atoms with Crippen LogP contribution in [0.25, 0.3) is 10.4 Å². The summed E-state index contributed by atoms with van der Waals surface area (Å²) in [5, 5.41) is 21.0. The minimum Gasteiger partial charge on any atom is -0.478 e. The van der Waals surface area contributed by atoms with Gasteiger partial charge in [0.25, 0.3) is 0 Å². The Morgan fingerprint density at radius 3 is 2.45 bits per heavy atom. The molecule has 0 radical (unpaired) electrons. The first-order valence-electron chi connectivity index (χ1n) is 10.1. The van der Waals surface area contributed by atoms with Gasteiger partial charge in [0, 0.05) is 10.9 Å². The van der Waals surface area contributed by atoms with E-state index in [-0.39, 0.29) is 17.5 Å². The van der Waals surface area contributed by atoms with Gasteiger partial charge in [-0.3, -0.25) is 9.69 Å². The zero-order valence-corrected chi connectivity index (χ0v) is 18.2. The summed E-state index contributed by atoms with van der Waals surface area (Å²) >= 11 is 1.31. The molecule has 1 fully saturated rings. The normalized spacial score (nSPS) is 24.5. The van der Waals surface area contributed by atoms with Gasteiger partial charge in [0.2, 0.25) is 5.91 Å². The number of aliphatic hydroxyl groups excluding tert-OH is 1. The molecule has 5 nitrogen and oxygen atoms in total. The van der Waals surface area contributed by atoms with Crippen LogP contribution in [0.2, 0.25) is 0 Å². The number of carbonyl (C=O) groups is 2. The first-order chi connectivity index (χ1) is 13.6. The van der Waals surface area contributed by atoms with Crippen LogP contribution in [-0.4, -0.2) is 34.2 Å². The molecule has 0 bridgehead atoms. The number of carboxylic acids is 1. The highest BCUT2D eigenvalue weighted by Crippen LogP contribution is 2.44. The second-order valence-corrected chi connectivity index (χ2v) is 9.61. The Bertz CT molecular complexity index is 892. The molecule has 0 spiro atoms. The van der Waals surface area contributed by atoms with Crippen molar-refractivity contribution in [1.29, 1.82) is 0 Å². The van der Waals surface area contributed by atoms with Gasteiger partial charge < -0.3 is 10.2 Å². The first-order valence-corrected chi connectivity index (χ1v) is 10.9. The van der Waals surface area contributed by atoms with E-state index in [0.29, 0.717) is 23.8 Å². The number of hydrogen-bond donors (Lipinski definition) is 2. The Hall–Kier alpha value is -2.18. The number of aromatic carboxylic acids is 1. The van der Waals surface area contributed by atoms with Gasteiger partial charge in [-0.2, -0.15) is 0 Å². The summed E-state index contributed by atoms with van der Waals surface area (Å²) in [7, 11) is 0. The molecule has 1 aliphatic rings. The number of amides is 1. The van der Waals surface area contributed by atoms with Gasteiger partial charge >= 0.3 is 5.97 Å². The van der Waals surface area contributed by atoms with Gasteiger partial charge in [-0.1, -0.05) is 37.3 Å². The van der Waals surface area contributed by atoms with E-state index in [1.807, 2.05) is 51.1 Å². The predicted octanol–water partition coefficient (Wildman–Crippen LogP) is 5.04. The summed E-state index contributed by atoms with van der Waals surface area (Å²) < 4.78 is 0. The molecule has 1 heterocycles. The maximum Gasteiger partial charge on any atom is 0.338 e. The van der Waals surface area contributed by atoms with Crippen molar-refractivity contribution in [3.63, 3.8) is 0 Å². The molecule has 156 valence electrons. The van der Waals surface area contributed by atoms with E-state index in [9.17, 15) is 19.8 Å². The zero-order valence-electron chi connectivity index (χ0n) is 17.4. The molecule has 3 rings (SSSR count). The lowest BCUT2D eigenvalue weighted by molar-refractivity contribution is -0.138. The Kier molecular flexibility index (Phi) is 6.15. The molecule has 1 aromatic heterocycles. The van der Waals surface area contributed by atoms with Crippen LogP contribution in [0.1, 0.15) is 57.3 Å². The Morgan fingerprint density at radius 1 is 1.24 bits per heavy atom. The van der Waals surface area contributed by atoms with Crippen molar-refractivity contribution in [2.45, 2.75) is 59.1 Å². The average molecular weight is 416 g/mol. The number of carbonyl (C=O) groups excluding carboxylic acids is 1. The van der Waals surface area contributed by atoms with Crippen molar-refractivity contribution in [2.24, 2.45) is 11.3 Å². The van der Waals surface area contributed by atoms with E-state index in [4.69, 9.17) is 0 Å². The van der Waals surface area contributed by atoms with Gasteiger partial charge in [-0.05, 0) is 57.6 Å². The third-order valence-electron chi connectivity index (χ3n) is 5.96. The molecular formula is C23H29NO4S. The van der Waals surface area contributed by atoms with E-state index < -0.39 is 17.5 Å². The zero-order chi connectivity index (χ0) is 21.3. The number of hydrogen-bond acceptors (Lipinski definition) is 4. The number of anilines is 1. The molecule has 2 aromatic rings. The highest BCUT2D eigenvalue weighted by Gasteiger charge is 2.47. The van der Waals surface area contributed by atoms with Crippen molar-refractivity contribution in [1.82, 2.24) is 0 Å². The maximum absolute atomic E-state index is 13.7. The topological polar surface area (TPSA) is 77.8 Å². The monoisotopic (exact) mass is 415 g/mol. The second kappa shape index (κ2) is 8.28. The number of benzene rings is 1. The summed E-state index contributed by atoms with van der Waals surface area (Å²) in [4.78, 5) is 28.1. The van der Waals surface area contributed by atoms with Gasteiger partial charge in [-0.15, -0.1) is 11.3 Å². The van der Waals surface area contributed by atoms with Crippen LogP contribution in [-0.2, 0) is 4.79 Å². The second-order valence-electron chi connectivity index (χ2n) is 8.58. The van der Waals surface area contributed by atoms with Gasteiger partial charge in [0.15, 0.2) is 0 Å². The lowest BCUT2D eigenvalue weighted by Gasteiger charge is -2.43. The van der Waals surface area contributed by atoms with Crippen LogP contribution < -0.4 is 4.90 Å². The molecule has 1 aromatic carbocycles. The van der Waals surface area contributed by atoms with Crippen molar-refractivity contribution < 1.29 is 19.8 Å². The largest absolute Gasteiger partial charge is 0.478 e. The summed E-state index contributed by atoms with van der Waals surface area (Å²) in [6, 6.07) is 11.0. The summed E-state index contributed by atoms with van der Waals surface area (Å²) in [6.45, 7) is 7.66.